The van der Waals surface area contributed by atoms with Crippen molar-refractivity contribution in [3.63, 3.8) is 0 Å². The van der Waals surface area contributed by atoms with E-state index in [1.165, 1.54) is 11.3 Å². The number of nitrogens with two attached hydrogens (primary N) is 1. The second-order valence-corrected chi connectivity index (χ2v) is 8.36. The van der Waals surface area contributed by atoms with Crippen LogP contribution in [0, 0.1) is 0 Å². The van der Waals surface area contributed by atoms with Crippen molar-refractivity contribution in [3.8, 4) is 0 Å². The molecule has 0 saturated heterocycles. The summed E-state index contributed by atoms with van der Waals surface area (Å²) in [6.07, 6.45) is 4.82. The van der Waals surface area contributed by atoms with Gasteiger partial charge in [0.1, 0.15) is 5.01 Å². The molecule has 0 unspecified atom stereocenters. The molecule has 1 fully saturated rings. The zero-order valence-corrected chi connectivity index (χ0v) is 11.2. The Balaban J connectivity index is 1.98. The van der Waals surface area contributed by atoms with Gasteiger partial charge >= 0.3 is 0 Å². The van der Waals surface area contributed by atoms with Gasteiger partial charge in [-0.2, -0.15) is 0 Å². The molecule has 2 heterocycles. The molecule has 0 aromatic carbocycles. The normalized spacial score (nSPS) is 25.7. The summed E-state index contributed by atoms with van der Waals surface area (Å²) < 4.78 is 23.1. The fourth-order valence-electron chi connectivity index (χ4n) is 2.65. The Morgan fingerprint density at radius 1 is 1.29 bits per heavy atom. The summed E-state index contributed by atoms with van der Waals surface area (Å²) in [5.74, 6) is 0.400. The van der Waals surface area contributed by atoms with Gasteiger partial charge in [0, 0.05) is 11.3 Å². The molecule has 0 spiro atoms. The number of aromatic nitrogens is 1. The largest absolute Gasteiger partial charge is 0.319 e. The third kappa shape index (κ3) is 2.02. The molecule has 0 radical (unpaired) electrons. The van der Waals surface area contributed by atoms with E-state index in [9.17, 15) is 8.42 Å². The standard InChI is InChI=1S/C11H16N2O2S2/c12-11(4-1-2-5-11)10-13-8-3-6-17(14,15)7-9(8)16-10/h1-7,12H2. The van der Waals surface area contributed by atoms with Crippen LogP contribution in [0.5, 0.6) is 0 Å². The van der Waals surface area contributed by atoms with Crippen LogP contribution in [0.3, 0.4) is 0 Å². The Kier molecular flexibility index (Phi) is 2.57. The van der Waals surface area contributed by atoms with Crippen molar-refractivity contribution in [2.24, 2.45) is 5.73 Å². The van der Waals surface area contributed by atoms with Gasteiger partial charge in [-0.25, -0.2) is 13.4 Å². The van der Waals surface area contributed by atoms with Crippen LogP contribution in [0.25, 0.3) is 0 Å². The summed E-state index contributed by atoms with van der Waals surface area (Å²) >= 11 is 1.52. The summed E-state index contributed by atoms with van der Waals surface area (Å²) in [6, 6.07) is 0. The number of aryl methyl sites for hydroxylation is 1. The van der Waals surface area contributed by atoms with Crippen LogP contribution in [0.4, 0.5) is 0 Å². The average molecular weight is 272 g/mol. The van der Waals surface area contributed by atoms with Crippen molar-refractivity contribution in [2.75, 3.05) is 5.75 Å². The molecule has 2 N–H and O–H groups in total. The fraction of sp³-hybridized carbons (Fsp3) is 0.727. The SMILES string of the molecule is NC1(c2nc3c(s2)CS(=O)(=O)CC3)CCCC1. The minimum atomic E-state index is -2.90. The van der Waals surface area contributed by atoms with Gasteiger partial charge in [0.15, 0.2) is 9.84 Å². The third-order valence-electron chi connectivity index (χ3n) is 3.70. The molecule has 4 nitrogen and oxygen atoms in total. The predicted octanol–water partition coefficient (Wildman–Crippen LogP) is 1.34. The lowest BCUT2D eigenvalue weighted by Crippen LogP contribution is -2.32. The lowest BCUT2D eigenvalue weighted by Gasteiger charge is -2.19. The highest BCUT2D eigenvalue weighted by Gasteiger charge is 2.36. The summed E-state index contributed by atoms with van der Waals surface area (Å²) in [5.41, 5.74) is 7.04. The first-order valence-electron chi connectivity index (χ1n) is 5.97. The first-order chi connectivity index (χ1) is 7.99. The van der Waals surface area contributed by atoms with E-state index in [1.54, 1.807) is 0 Å². The van der Waals surface area contributed by atoms with Crippen molar-refractivity contribution < 1.29 is 8.42 Å². The third-order valence-corrected chi connectivity index (χ3v) is 6.76. The highest BCUT2D eigenvalue weighted by atomic mass is 32.2. The molecule has 1 aromatic heterocycles. The van der Waals surface area contributed by atoms with Crippen LogP contribution in [0.15, 0.2) is 0 Å². The first kappa shape index (κ1) is 11.6. The lowest BCUT2D eigenvalue weighted by atomic mass is 10.0. The molecule has 0 bridgehead atoms. The number of thiazole rings is 1. The van der Waals surface area contributed by atoms with Crippen molar-refractivity contribution in [1.82, 2.24) is 4.98 Å². The minimum Gasteiger partial charge on any atom is -0.319 e. The van der Waals surface area contributed by atoms with Gasteiger partial charge in [-0.3, -0.25) is 0 Å². The van der Waals surface area contributed by atoms with Gasteiger partial charge < -0.3 is 5.73 Å². The Labute approximate surface area is 105 Å². The summed E-state index contributed by atoms with van der Waals surface area (Å²) in [5, 5.41) is 0.956. The molecular formula is C11H16N2O2S2. The van der Waals surface area contributed by atoms with E-state index in [1.807, 2.05) is 0 Å². The number of hydrogen-bond acceptors (Lipinski definition) is 5. The van der Waals surface area contributed by atoms with Crippen molar-refractivity contribution in [3.05, 3.63) is 15.6 Å². The maximum atomic E-state index is 11.6. The molecule has 94 valence electrons. The fourth-order valence-corrected chi connectivity index (χ4v) is 5.70. The van der Waals surface area contributed by atoms with Gasteiger partial charge in [-0.1, -0.05) is 12.8 Å². The second-order valence-electron chi connectivity index (χ2n) is 5.09. The Bertz CT molecular complexity index is 542. The molecule has 3 rings (SSSR count). The van der Waals surface area contributed by atoms with Crippen LogP contribution in [0.2, 0.25) is 0 Å². The second kappa shape index (κ2) is 3.76. The average Bonchev–Trinajstić information content (AvgIpc) is 2.83. The number of rotatable bonds is 1. The lowest BCUT2D eigenvalue weighted by molar-refractivity contribution is 0.458. The summed E-state index contributed by atoms with van der Waals surface area (Å²) in [7, 11) is -2.90. The summed E-state index contributed by atoms with van der Waals surface area (Å²) in [6.45, 7) is 0. The molecule has 1 aliphatic heterocycles. The highest BCUT2D eigenvalue weighted by molar-refractivity contribution is 7.90. The molecule has 1 aromatic rings. The Morgan fingerprint density at radius 3 is 2.71 bits per heavy atom. The molecule has 2 aliphatic rings. The molecule has 17 heavy (non-hydrogen) atoms. The Morgan fingerprint density at radius 2 is 2.00 bits per heavy atom. The molecule has 1 saturated carbocycles. The van der Waals surface area contributed by atoms with Crippen LogP contribution in [-0.2, 0) is 27.5 Å². The first-order valence-corrected chi connectivity index (χ1v) is 8.61. The van der Waals surface area contributed by atoms with E-state index in [0.29, 0.717) is 6.42 Å². The minimum absolute atomic E-state index is 0.163. The quantitative estimate of drug-likeness (QED) is 0.837. The van der Waals surface area contributed by atoms with Gasteiger partial charge in [0.05, 0.1) is 22.7 Å². The molecule has 6 heteroatoms. The molecule has 0 atom stereocenters. The van der Waals surface area contributed by atoms with E-state index in [0.717, 1.165) is 41.3 Å². The molecule has 1 aliphatic carbocycles. The topological polar surface area (TPSA) is 73.0 Å². The maximum absolute atomic E-state index is 11.6. The van der Waals surface area contributed by atoms with Crippen molar-refractivity contribution in [2.45, 2.75) is 43.4 Å². The van der Waals surface area contributed by atoms with E-state index >= 15 is 0 Å². The number of hydrogen-bond donors (Lipinski definition) is 1. The zero-order chi connectivity index (χ0) is 12.1. The van der Waals surface area contributed by atoms with Crippen LogP contribution < -0.4 is 5.73 Å². The number of fused-ring (bicyclic) bond motifs is 1. The highest BCUT2D eigenvalue weighted by Crippen LogP contribution is 2.40. The number of nitrogens with zero attached hydrogens (tertiary/aromatic N) is 1. The van der Waals surface area contributed by atoms with Crippen molar-refractivity contribution in [1.29, 1.82) is 0 Å². The predicted molar refractivity (Wildman–Crippen MR) is 67.6 cm³/mol. The Hall–Kier alpha value is -0.460. The molecular weight excluding hydrogens is 256 g/mol. The number of sulfone groups is 1. The van der Waals surface area contributed by atoms with Crippen LogP contribution in [0.1, 0.15) is 41.3 Å². The van der Waals surface area contributed by atoms with Gasteiger partial charge in [0.2, 0.25) is 0 Å². The van der Waals surface area contributed by atoms with Gasteiger partial charge in [0.25, 0.3) is 0 Å². The summed E-state index contributed by atoms with van der Waals surface area (Å²) in [4.78, 5) is 5.52. The monoisotopic (exact) mass is 272 g/mol. The van der Waals surface area contributed by atoms with Gasteiger partial charge in [-0.05, 0) is 12.8 Å². The molecule has 0 amide bonds. The van der Waals surface area contributed by atoms with E-state index in [4.69, 9.17) is 5.73 Å². The van der Waals surface area contributed by atoms with Crippen molar-refractivity contribution >= 4 is 21.2 Å². The van der Waals surface area contributed by atoms with Crippen LogP contribution in [-0.4, -0.2) is 19.2 Å². The van der Waals surface area contributed by atoms with Crippen LogP contribution >= 0.6 is 11.3 Å². The zero-order valence-electron chi connectivity index (χ0n) is 9.61. The van der Waals surface area contributed by atoms with E-state index < -0.39 is 9.84 Å². The smallest absolute Gasteiger partial charge is 0.155 e. The van der Waals surface area contributed by atoms with E-state index in [2.05, 4.69) is 4.98 Å². The van der Waals surface area contributed by atoms with E-state index in [-0.39, 0.29) is 17.0 Å². The maximum Gasteiger partial charge on any atom is 0.155 e. The van der Waals surface area contributed by atoms with Gasteiger partial charge in [-0.15, -0.1) is 11.3 Å².